The maximum atomic E-state index is 12.2. The molecule has 0 radical (unpaired) electrons. The van der Waals surface area contributed by atoms with Crippen molar-refractivity contribution in [1.82, 2.24) is 0 Å². The summed E-state index contributed by atoms with van der Waals surface area (Å²) in [5.41, 5.74) is 0. The van der Waals surface area contributed by atoms with E-state index in [-0.39, 0.29) is 32.0 Å². The van der Waals surface area contributed by atoms with E-state index in [1.165, 1.54) is 0 Å². The highest BCUT2D eigenvalue weighted by molar-refractivity contribution is 5.70. The third-order valence-electron chi connectivity index (χ3n) is 8.51. The van der Waals surface area contributed by atoms with Gasteiger partial charge in [0.25, 0.3) is 0 Å². The Balaban J connectivity index is 3.82. The lowest BCUT2D eigenvalue weighted by molar-refractivity contribution is -0.161. The summed E-state index contributed by atoms with van der Waals surface area (Å²) in [5.74, 6) is -0.749. The first kappa shape index (κ1) is 55.3. The quantitative estimate of drug-likeness (QED) is 0.0382. The SMILES string of the molecule is CC/C=C\C/C=C\C/C=C\C/C=C\C/C=C\C/C=C\C/C=C\C/C=C\C/C=C\CCCC(=O)OC(CO)COC(=O)CCC/C=C\C/C=C\C/C=C\C/C=C\C/C=C\CC. The van der Waals surface area contributed by atoms with Crippen LogP contribution in [0.25, 0.3) is 0 Å². The van der Waals surface area contributed by atoms with Crippen LogP contribution in [0.15, 0.2) is 170 Å². The van der Waals surface area contributed by atoms with E-state index < -0.39 is 12.1 Å². The minimum absolute atomic E-state index is 0.132. The van der Waals surface area contributed by atoms with Gasteiger partial charge in [0.1, 0.15) is 6.61 Å². The second kappa shape index (κ2) is 48.6. The van der Waals surface area contributed by atoms with E-state index in [9.17, 15) is 14.7 Å². The van der Waals surface area contributed by atoms with E-state index >= 15 is 0 Å². The predicted molar refractivity (Wildman–Crippen MR) is 260 cm³/mol. The molecule has 0 saturated carbocycles. The van der Waals surface area contributed by atoms with Crippen LogP contribution in [0.1, 0.15) is 142 Å². The van der Waals surface area contributed by atoms with Crippen LogP contribution in [0.4, 0.5) is 0 Å². The molecule has 0 aliphatic heterocycles. The Morgan fingerprint density at radius 3 is 0.900 bits per heavy atom. The third kappa shape index (κ3) is 46.0. The molecule has 0 aromatic carbocycles. The van der Waals surface area contributed by atoms with Crippen LogP contribution in [0.2, 0.25) is 0 Å². The van der Waals surface area contributed by atoms with Crippen LogP contribution < -0.4 is 0 Å². The van der Waals surface area contributed by atoms with E-state index in [0.717, 1.165) is 103 Å². The first-order valence-corrected chi connectivity index (χ1v) is 22.7. The summed E-state index contributed by atoms with van der Waals surface area (Å²) in [7, 11) is 0. The molecule has 0 amide bonds. The number of aliphatic hydroxyl groups is 1. The summed E-state index contributed by atoms with van der Waals surface area (Å²) in [6.07, 6.45) is 77.2. The molecule has 0 aliphatic rings. The van der Waals surface area contributed by atoms with Crippen LogP contribution in [-0.4, -0.2) is 36.4 Å². The molecule has 0 rings (SSSR count). The smallest absolute Gasteiger partial charge is 0.306 e. The summed E-state index contributed by atoms with van der Waals surface area (Å²) in [6.45, 7) is 3.78. The maximum Gasteiger partial charge on any atom is 0.306 e. The second-order valence-corrected chi connectivity index (χ2v) is 14.0. The van der Waals surface area contributed by atoms with Crippen LogP contribution in [0, 0.1) is 0 Å². The van der Waals surface area contributed by atoms with Gasteiger partial charge in [-0.15, -0.1) is 0 Å². The summed E-state index contributed by atoms with van der Waals surface area (Å²) in [4.78, 5) is 24.3. The van der Waals surface area contributed by atoms with E-state index in [2.05, 4.69) is 184 Å². The average molecular weight is 821 g/mol. The van der Waals surface area contributed by atoms with E-state index in [1.54, 1.807) is 0 Å². The molecule has 330 valence electrons. The van der Waals surface area contributed by atoms with Crippen LogP contribution >= 0.6 is 0 Å². The molecule has 5 nitrogen and oxygen atoms in total. The number of carbonyl (C=O) groups excluding carboxylic acids is 2. The van der Waals surface area contributed by atoms with Gasteiger partial charge in [0.15, 0.2) is 6.10 Å². The normalized spacial score (nSPS) is 13.8. The van der Waals surface area contributed by atoms with Crippen molar-refractivity contribution < 1.29 is 24.2 Å². The summed E-state index contributed by atoms with van der Waals surface area (Å²) in [5, 5.41) is 9.58. The molecule has 0 heterocycles. The highest BCUT2D eigenvalue weighted by atomic mass is 16.6. The standard InChI is InChI=1S/C55H80O5/c1-3-5-7-9-11-13-15-17-19-21-22-23-24-25-26-27-28-29-30-31-32-34-36-38-40-42-44-46-48-50-55(58)60-53(51-56)52-59-54(57)49-47-45-43-41-39-37-35-33-20-18-16-14-12-10-8-6-4-2/h5-8,11-14,17-20,22-23,25-26,28-29,31-32,35-38,41-44,53,56H,3-4,9-10,15-16,21,24,27,30,33-34,39-40,45-52H2,1-2H3/b7-5-,8-6-,13-11-,14-12-,19-17-,20-18-,23-22-,26-25-,29-28-,32-31-,37-35-,38-36-,43-41-,44-42-. The van der Waals surface area contributed by atoms with Crippen molar-refractivity contribution >= 4 is 11.9 Å². The Morgan fingerprint density at radius 2 is 0.633 bits per heavy atom. The molecule has 1 N–H and O–H groups in total. The van der Waals surface area contributed by atoms with Crippen molar-refractivity contribution in [3.63, 3.8) is 0 Å². The first-order valence-electron chi connectivity index (χ1n) is 22.7. The number of esters is 2. The van der Waals surface area contributed by atoms with Gasteiger partial charge in [-0.3, -0.25) is 9.59 Å². The number of hydrogen-bond donors (Lipinski definition) is 1. The monoisotopic (exact) mass is 821 g/mol. The zero-order valence-corrected chi connectivity index (χ0v) is 37.4. The number of ether oxygens (including phenoxy) is 2. The molecule has 1 unspecified atom stereocenters. The second-order valence-electron chi connectivity index (χ2n) is 14.0. The minimum Gasteiger partial charge on any atom is -0.462 e. The Kier molecular flexibility index (Phi) is 44.8. The Bertz CT molecular complexity index is 1440. The van der Waals surface area contributed by atoms with E-state index in [0.29, 0.717) is 12.8 Å². The number of hydrogen-bond acceptors (Lipinski definition) is 5. The number of unbranched alkanes of at least 4 members (excludes halogenated alkanes) is 2. The lowest BCUT2D eigenvalue weighted by Gasteiger charge is -2.15. The van der Waals surface area contributed by atoms with Gasteiger partial charge in [0.05, 0.1) is 6.61 Å². The first-order chi connectivity index (χ1) is 29.6. The molecule has 0 aromatic rings. The molecule has 0 spiro atoms. The number of rotatable bonds is 38. The van der Waals surface area contributed by atoms with Crippen LogP contribution in [0.3, 0.4) is 0 Å². The molecule has 0 aromatic heterocycles. The van der Waals surface area contributed by atoms with Gasteiger partial charge in [0, 0.05) is 12.8 Å². The van der Waals surface area contributed by atoms with Crippen LogP contribution in [0.5, 0.6) is 0 Å². The maximum absolute atomic E-state index is 12.2. The van der Waals surface area contributed by atoms with Gasteiger partial charge < -0.3 is 14.6 Å². The zero-order valence-electron chi connectivity index (χ0n) is 37.4. The lowest BCUT2D eigenvalue weighted by atomic mass is 10.2. The fourth-order valence-corrected chi connectivity index (χ4v) is 5.18. The van der Waals surface area contributed by atoms with E-state index in [4.69, 9.17) is 9.47 Å². The van der Waals surface area contributed by atoms with Crippen molar-refractivity contribution in [2.75, 3.05) is 13.2 Å². The van der Waals surface area contributed by atoms with E-state index in [1.807, 2.05) is 0 Å². The molecule has 0 aliphatic carbocycles. The van der Waals surface area contributed by atoms with Crippen LogP contribution in [-0.2, 0) is 19.1 Å². The minimum atomic E-state index is -0.840. The van der Waals surface area contributed by atoms with Crippen molar-refractivity contribution in [2.24, 2.45) is 0 Å². The third-order valence-corrected chi connectivity index (χ3v) is 8.51. The van der Waals surface area contributed by atoms with Crippen molar-refractivity contribution in [3.05, 3.63) is 170 Å². The fraction of sp³-hybridized carbons (Fsp3) is 0.455. The fourth-order valence-electron chi connectivity index (χ4n) is 5.18. The highest BCUT2D eigenvalue weighted by Crippen LogP contribution is 2.06. The van der Waals surface area contributed by atoms with Crippen molar-refractivity contribution in [1.29, 1.82) is 0 Å². The van der Waals surface area contributed by atoms with Gasteiger partial charge in [-0.1, -0.05) is 184 Å². The number of allylic oxidation sites excluding steroid dienone is 28. The number of aliphatic hydroxyl groups excluding tert-OH is 1. The van der Waals surface area contributed by atoms with Gasteiger partial charge >= 0.3 is 11.9 Å². The zero-order chi connectivity index (χ0) is 43.5. The molecule has 1 atom stereocenters. The molecule has 0 bridgehead atoms. The molecule has 5 heteroatoms. The predicted octanol–water partition coefficient (Wildman–Crippen LogP) is 15.1. The highest BCUT2D eigenvalue weighted by Gasteiger charge is 2.15. The van der Waals surface area contributed by atoms with Gasteiger partial charge in [0.2, 0.25) is 0 Å². The van der Waals surface area contributed by atoms with Gasteiger partial charge in [-0.25, -0.2) is 0 Å². The molecular weight excluding hydrogens is 741 g/mol. The Labute approximate surface area is 366 Å². The van der Waals surface area contributed by atoms with Gasteiger partial charge in [-0.05, 0) is 116 Å². The molecular formula is C55H80O5. The molecule has 0 fully saturated rings. The Morgan fingerprint density at radius 1 is 0.383 bits per heavy atom. The molecule has 0 saturated heterocycles. The molecule has 60 heavy (non-hydrogen) atoms. The largest absolute Gasteiger partial charge is 0.462 e. The summed E-state index contributed by atoms with van der Waals surface area (Å²) < 4.78 is 10.5. The topological polar surface area (TPSA) is 72.8 Å². The number of carbonyl (C=O) groups is 2. The Hall–Kier alpha value is -4.74. The van der Waals surface area contributed by atoms with Gasteiger partial charge in [-0.2, -0.15) is 0 Å². The summed E-state index contributed by atoms with van der Waals surface area (Å²) in [6, 6.07) is 0. The van der Waals surface area contributed by atoms with Crippen molar-refractivity contribution in [3.8, 4) is 0 Å². The average Bonchev–Trinajstić information content (AvgIpc) is 3.25. The summed E-state index contributed by atoms with van der Waals surface area (Å²) >= 11 is 0. The van der Waals surface area contributed by atoms with Crippen molar-refractivity contribution in [2.45, 2.75) is 148 Å². The lowest BCUT2D eigenvalue weighted by Crippen LogP contribution is -2.28.